The normalized spacial score (nSPS) is 13.8. The molecule has 0 fully saturated rings. The number of guanidine groups is 1. The van der Waals surface area contributed by atoms with Gasteiger partial charge in [-0.25, -0.2) is 4.79 Å². The zero-order valence-electron chi connectivity index (χ0n) is 26.4. The summed E-state index contributed by atoms with van der Waals surface area (Å²) >= 11 is 0. The van der Waals surface area contributed by atoms with E-state index in [1.807, 2.05) is 0 Å². The molecule has 0 aliphatic heterocycles. The lowest BCUT2D eigenvalue weighted by Crippen LogP contribution is -2.58. The third-order valence-corrected chi connectivity index (χ3v) is 6.35. The summed E-state index contributed by atoms with van der Waals surface area (Å²) in [5.41, 5.74) is 16.1. The maximum atomic E-state index is 13.1. The van der Waals surface area contributed by atoms with Gasteiger partial charge in [0, 0.05) is 13.0 Å². The standard InChI is InChI=1S/C26H44N10O12/c1-11(2)20(25(47)48)36-17(38)10-32-22(44)14(8-16(28)37)35-23(45)13(5-6-18(39)40)33-24(46)15(9-19(41)42)34-21(43)12(27)4-3-7-31-26(29)30/h11-15,20H,3-10,27H2,1-2H3,(H2,28,37)(H,32,44)(H,33,46)(H,34,43)(H,35,45)(H,36,38)(H,39,40)(H,41,42)(H,47,48)(H4,29,30,31)/t12-,13-,14-,15-,20-/m0/s1. The summed E-state index contributed by atoms with van der Waals surface area (Å²) in [5, 5.41) is 47.9. The van der Waals surface area contributed by atoms with Gasteiger partial charge in [-0.05, 0) is 25.2 Å². The number of aliphatic carboxylic acids is 3. The van der Waals surface area contributed by atoms with Gasteiger partial charge in [0.25, 0.3) is 0 Å². The van der Waals surface area contributed by atoms with Crippen LogP contribution in [0.25, 0.3) is 0 Å². The number of primary amides is 1. The van der Waals surface area contributed by atoms with Crippen molar-refractivity contribution in [2.75, 3.05) is 13.1 Å². The number of carboxylic acids is 3. The molecule has 0 saturated carbocycles. The quantitative estimate of drug-likeness (QED) is 0.0271. The molecule has 48 heavy (non-hydrogen) atoms. The summed E-state index contributed by atoms with van der Waals surface area (Å²) in [4.78, 5) is 109. The molecule has 0 aliphatic rings. The second-order valence-corrected chi connectivity index (χ2v) is 10.8. The zero-order valence-corrected chi connectivity index (χ0v) is 26.4. The topological polar surface area (TPSA) is 388 Å². The smallest absolute Gasteiger partial charge is 0.326 e. The number of amides is 6. The van der Waals surface area contributed by atoms with Crippen LogP contribution in [0.15, 0.2) is 0 Å². The van der Waals surface area contributed by atoms with Crippen molar-refractivity contribution >= 4 is 59.3 Å². The second-order valence-electron chi connectivity index (χ2n) is 10.8. The molecule has 22 nitrogen and oxygen atoms in total. The van der Waals surface area contributed by atoms with E-state index >= 15 is 0 Å². The van der Waals surface area contributed by atoms with Gasteiger partial charge in [0.1, 0.15) is 24.2 Å². The number of carboxylic acid groups (broad SMARTS) is 3. The van der Waals surface area contributed by atoms with Gasteiger partial charge < -0.3 is 64.4 Å². The minimum Gasteiger partial charge on any atom is -0.481 e. The van der Waals surface area contributed by atoms with Crippen LogP contribution in [-0.4, -0.2) is 118 Å². The van der Waals surface area contributed by atoms with E-state index < -0.39 is 122 Å². The summed E-state index contributed by atoms with van der Waals surface area (Å²) in [5.74, 6) is -11.6. The first kappa shape index (κ1) is 42.5. The van der Waals surface area contributed by atoms with Crippen molar-refractivity contribution in [3.63, 3.8) is 0 Å². The molecule has 0 unspecified atom stereocenters. The number of rotatable bonds is 23. The Hall–Kier alpha value is -5.54. The van der Waals surface area contributed by atoms with Crippen LogP contribution in [0.2, 0.25) is 0 Å². The van der Waals surface area contributed by atoms with Gasteiger partial charge in [-0.2, -0.15) is 0 Å². The van der Waals surface area contributed by atoms with Gasteiger partial charge in [-0.15, -0.1) is 0 Å². The molecular formula is C26H44N10O12. The predicted octanol–water partition coefficient (Wildman–Crippen LogP) is -5.41. The summed E-state index contributed by atoms with van der Waals surface area (Å²) in [7, 11) is 0. The molecule has 0 heterocycles. The summed E-state index contributed by atoms with van der Waals surface area (Å²) in [6.07, 6.45) is -2.78. The first-order chi connectivity index (χ1) is 22.2. The van der Waals surface area contributed by atoms with E-state index in [9.17, 15) is 53.4 Å². The van der Waals surface area contributed by atoms with E-state index in [1.165, 1.54) is 13.8 Å². The van der Waals surface area contributed by atoms with Crippen molar-refractivity contribution in [3.8, 4) is 0 Å². The number of carbonyl (C=O) groups excluding carboxylic acids is 6. The van der Waals surface area contributed by atoms with Crippen LogP contribution in [0.3, 0.4) is 0 Å². The highest BCUT2D eigenvalue weighted by Crippen LogP contribution is 2.05. The Labute approximate surface area is 274 Å². The average Bonchev–Trinajstić information content (AvgIpc) is 2.96. The Morgan fingerprint density at radius 3 is 1.73 bits per heavy atom. The molecule has 0 spiro atoms. The highest BCUT2D eigenvalue weighted by molar-refractivity contribution is 5.98. The zero-order chi connectivity index (χ0) is 37.1. The Balaban J connectivity index is 5.78. The van der Waals surface area contributed by atoms with Crippen LogP contribution >= 0.6 is 0 Å². The van der Waals surface area contributed by atoms with Crippen LogP contribution in [-0.2, 0) is 43.2 Å². The SMILES string of the molecule is CC(C)[C@H](NC(=O)CNC(=O)[C@H](CC(N)=O)NC(=O)[C@H](CCC(=O)O)NC(=O)[C@H](CC(=O)O)NC(=O)[C@@H](N)CCCNC(=N)N)C(=O)O. The van der Waals surface area contributed by atoms with Crippen LogP contribution in [0.4, 0.5) is 0 Å². The van der Waals surface area contributed by atoms with Crippen molar-refractivity contribution in [3.05, 3.63) is 0 Å². The molecule has 22 heteroatoms. The minimum atomic E-state index is -1.79. The van der Waals surface area contributed by atoms with Crippen molar-refractivity contribution in [2.45, 2.75) is 82.6 Å². The number of hydrogen-bond acceptors (Lipinski definition) is 11. The number of carbonyl (C=O) groups is 9. The Kier molecular flexibility index (Phi) is 18.8. The van der Waals surface area contributed by atoms with Crippen LogP contribution in [0, 0.1) is 11.3 Å². The maximum Gasteiger partial charge on any atom is 0.326 e. The minimum absolute atomic E-state index is 0.0417. The number of nitrogens with one attached hydrogen (secondary N) is 7. The molecular weight excluding hydrogens is 644 g/mol. The summed E-state index contributed by atoms with van der Waals surface area (Å²) in [6, 6.07) is -7.79. The van der Waals surface area contributed by atoms with Crippen LogP contribution < -0.4 is 49.1 Å². The van der Waals surface area contributed by atoms with E-state index in [1.54, 1.807) is 0 Å². The molecule has 0 rings (SSSR count). The summed E-state index contributed by atoms with van der Waals surface area (Å²) in [6.45, 7) is 2.48. The molecule has 0 radical (unpaired) electrons. The fourth-order valence-corrected chi connectivity index (χ4v) is 3.86. The van der Waals surface area contributed by atoms with E-state index in [0.29, 0.717) is 0 Å². The molecule has 0 aromatic rings. The summed E-state index contributed by atoms with van der Waals surface area (Å²) < 4.78 is 0. The molecule has 0 saturated heterocycles. The number of hydrogen-bond donors (Lipinski definition) is 13. The molecule has 6 amide bonds. The Morgan fingerprint density at radius 1 is 0.688 bits per heavy atom. The second kappa shape index (κ2) is 21.3. The molecule has 0 aromatic heterocycles. The lowest BCUT2D eigenvalue weighted by molar-refractivity contribution is -0.143. The predicted molar refractivity (Wildman–Crippen MR) is 163 cm³/mol. The fraction of sp³-hybridized carbons (Fsp3) is 0.615. The van der Waals surface area contributed by atoms with E-state index in [-0.39, 0.29) is 25.3 Å². The average molecular weight is 689 g/mol. The molecule has 0 aliphatic carbocycles. The lowest BCUT2D eigenvalue weighted by Gasteiger charge is -2.25. The van der Waals surface area contributed by atoms with E-state index in [0.717, 1.165) is 0 Å². The third kappa shape index (κ3) is 17.8. The number of nitrogens with two attached hydrogens (primary N) is 3. The largest absolute Gasteiger partial charge is 0.481 e. The Bertz CT molecular complexity index is 1230. The van der Waals surface area contributed by atoms with E-state index in [4.69, 9.17) is 27.7 Å². The highest BCUT2D eigenvalue weighted by atomic mass is 16.4. The Morgan fingerprint density at radius 2 is 1.23 bits per heavy atom. The van der Waals surface area contributed by atoms with E-state index in [2.05, 4.69) is 31.9 Å². The fourth-order valence-electron chi connectivity index (χ4n) is 3.86. The molecule has 16 N–H and O–H groups in total. The van der Waals surface area contributed by atoms with Gasteiger partial charge in [0.05, 0.1) is 25.4 Å². The van der Waals surface area contributed by atoms with Gasteiger partial charge in [0.2, 0.25) is 35.4 Å². The highest BCUT2D eigenvalue weighted by Gasteiger charge is 2.32. The first-order valence-corrected chi connectivity index (χ1v) is 14.5. The van der Waals surface area contributed by atoms with Crippen LogP contribution in [0.5, 0.6) is 0 Å². The van der Waals surface area contributed by atoms with Gasteiger partial charge in [-0.3, -0.25) is 43.8 Å². The van der Waals surface area contributed by atoms with Crippen molar-refractivity contribution in [1.82, 2.24) is 31.9 Å². The van der Waals surface area contributed by atoms with Gasteiger partial charge in [0.15, 0.2) is 5.96 Å². The van der Waals surface area contributed by atoms with Gasteiger partial charge in [-0.1, -0.05) is 13.8 Å². The molecule has 0 bridgehead atoms. The lowest BCUT2D eigenvalue weighted by atomic mass is 10.0. The molecule has 0 aromatic carbocycles. The monoisotopic (exact) mass is 688 g/mol. The first-order valence-electron chi connectivity index (χ1n) is 14.5. The molecule has 270 valence electrons. The molecule has 5 atom stereocenters. The van der Waals surface area contributed by atoms with Crippen molar-refractivity contribution in [2.24, 2.45) is 23.1 Å². The van der Waals surface area contributed by atoms with Crippen LogP contribution in [0.1, 0.15) is 52.4 Å². The van der Waals surface area contributed by atoms with Crippen molar-refractivity contribution < 1.29 is 58.5 Å². The maximum absolute atomic E-state index is 13.1. The van der Waals surface area contributed by atoms with Gasteiger partial charge >= 0.3 is 17.9 Å². The third-order valence-electron chi connectivity index (χ3n) is 6.35. The van der Waals surface area contributed by atoms with Crippen molar-refractivity contribution in [1.29, 1.82) is 5.41 Å².